The van der Waals surface area contributed by atoms with Crippen LogP contribution in [0, 0.1) is 12.5 Å². The number of alkyl carbamates (subject to hydrolysis) is 1. The average Bonchev–Trinajstić information content (AvgIpc) is 2.13. The molecule has 0 aromatic carbocycles. The maximum absolute atomic E-state index is 11.2. The van der Waals surface area contributed by atoms with Gasteiger partial charge in [-0.3, -0.25) is 0 Å². The number of amides is 1. The summed E-state index contributed by atoms with van der Waals surface area (Å²) in [6.45, 7) is 6.96. The highest BCUT2D eigenvalue weighted by Gasteiger charge is 2.15. The van der Waals surface area contributed by atoms with Gasteiger partial charge in [-0.05, 0) is 20.8 Å². The molecule has 16 heavy (non-hydrogen) atoms. The van der Waals surface area contributed by atoms with Crippen molar-refractivity contribution in [2.75, 3.05) is 26.4 Å². The molecular weight excluding hydrogens is 210 g/mol. The number of nitrogens with one attached hydrogen (secondary N) is 1. The minimum atomic E-state index is -0.481. The molecule has 1 amide bonds. The van der Waals surface area contributed by atoms with Crippen LogP contribution >= 0.6 is 0 Å². The van der Waals surface area contributed by atoms with Crippen LogP contribution in [-0.2, 0) is 14.2 Å². The molecule has 0 unspecified atom stereocenters. The Labute approximate surface area is 96.4 Å². The summed E-state index contributed by atoms with van der Waals surface area (Å²) in [6, 6.07) is 0. The lowest BCUT2D eigenvalue weighted by molar-refractivity contribution is 0.0484. The molecule has 5 heteroatoms. The highest BCUT2D eigenvalue weighted by atomic mass is 16.6. The van der Waals surface area contributed by atoms with Crippen LogP contribution in [0.2, 0.25) is 0 Å². The fraction of sp³-hybridized carbons (Fsp3) is 0.727. The molecule has 0 aromatic heterocycles. The van der Waals surface area contributed by atoms with E-state index in [1.807, 2.05) is 6.11 Å². The molecule has 0 radical (unpaired) electrons. The summed E-state index contributed by atoms with van der Waals surface area (Å²) in [5.74, 6) is 0. The molecule has 1 N–H and O–H groups in total. The number of rotatable bonds is 6. The van der Waals surface area contributed by atoms with Gasteiger partial charge >= 0.3 is 6.09 Å². The lowest BCUT2D eigenvalue weighted by atomic mass is 10.2. The highest BCUT2D eigenvalue weighted by Crippen LogP contribution is 2.05. The largest absolute Gasteiger partial charge is 0.444 e. The van der Waals surface area contributed by atoms with Gasteiger partial charge in [-0.2, -0.15) is 0 Å². The Kier molecular flexibility index (Phi) is 7.14. The Morgan fingerprint density at radius 1 is 1.31 bits per heavy atom. The minimum absolute atomic E-state index is 0.350. The Morgan fingerprint density at radius 2 is 2.00 bits per heavy atom. The Morgan fingerprint density at radius 3 is 2.56 bits per heavy atom. The topological polar surface area (TPSA) is 56.8 Å². The number of terminal acetylenes is 1. The third-order valence-corrected chi connectivity index (χ3v) is 1.33. The molecule has 0 aliphatic rings. The van der Waals surface area contributed by atoms with Crippen LogP contribution in [-0.4, -0.2) is 38.1 Å². The molecule has 0 atom stereocenters. The van der Waals surface area contributed by atoms with E-state index in [2.05, 4.69) is 10.1 Å². The van der Waals surface area contributed by atoms with Crippen molar-refractivity contribution < 1.29 is 19.0 Å². The second-order valence-electron chi connectivity index (χ2n) is 4.01. The normalized spacial score (nSPS) is 10.4. The van der Waals surface area contributed by atoms with Crippen molar-refractivity contribution in [3.63, 3.8) is 0 Å². The van der Waals surface area contributed by atoms with Crippen molar-refractivity contribution in [3.05, 3.63) is 0 Å². The Hall–Kier alpha value is -1.41. The van der Waals surface area contributed by atoms with Gasteiger partial charge in [0.25, 0.3) is 0 Å². The molecule has 0 spiro atoms. The van der Waals surface area contributed by atoms with Gasteiger partial charge in [0.2, 0.25) is 0 Å². The standard InChI is InChI=1S/C11H19NO4/c1-5-14-8-9-15-7-6-12-10(13)16-11(2,3)4/h1H,6-9H2,2-4H3,(H,12,13). The first-order chi connectivity index (χ1) is 7.45. The van der Waals surface area contributed by atoms with E-state index in [-0.39, 0.29) is 0 Å². The molecule has 92 valence electrons. The van der Waals surface area contributed by atoms with Gasteiger partial charge in [-0.25, -0.2) is 4.79 Å². The van der Waals surface area contributed by atoms with Crippen molar-refractivity contribution in [1.82, 2.24) is 5.32 Å². The molecule has 0 fully saturated rings. The second kappa shape index (κ2) is 7.83. The van der Waals surface area contributed by atoms with Crippen molar-refractivity contribution in [2.24, 2.45) is 0 Å². The van der Waals surface area contributed by atoms with Crippen LogP contribution in [0.1, 0.15) is 20.8 Å². The van der Waals surface area contributed by atoms with E-state index in [1.54, 1.807) is 20.8 Å². The first kappa shape index (κ1) is 14.6. The van der Waals surface area contributed by atoms with Crippen LogP contribution < -0.4 is 5.32 Å². The van der Waals surface area contributed by atoms with Crippen LogP contribution in [0.25, 0.3) is 0 Å². The van der Waals surface area contributed by atoms with E-state index >= 15 is 0 Å². The van der Waals surface area contributed by atoms with Crippen LogP contribution in [0.5, 0.6) is 0 Å². The van der Waals surface area contributed by atoms with Gasteiger partial charge in [0, 0.05) is 6.54 Å². The number of ether oxygens (including phenoxy) is 3. The first-order valence-electron chi connectivity index (χ1n) is 5.07. The monoisotopic (exact) mass is 229 g/mol. The molecular formula is C11H19NO4. The summed E-state index contributed by atoms with van der Waals surface area (Å²) in [7, 11) is 0. The van der Waals surface area contributed by atoms with E-state index in [0.29, 0.717) is 26.4 Å². The van der Waals surface area contributed by atoms with Crippen LogP contribution in [0.3, 0.4) is 0 Å². The predicted octanol–water partition coefficient (Wildman–Crippen LogP) is 1.13. The molecule has 0 aliphatic heterocycles. The maximum Gasteiger partial charge on any atom is 0.407 e. The SMILES string of the molecule is C#COCCOCCNC(=O)OC(C)(C)C. The fourth-order valence-corrected chi connectivity index (χ4v) is 0.801. The van der Waals surface area contributed by atoms with Crippen molar-refractivity contribution in [2.45, 2.75) is 26.4 Å². The molecule has 0 saturated carbocycles. The van der Waals surface area contributed by atoms with Crippen molar-refractivity contribution >= 4 is 6.09 Å². The quantitative estimate of drug-likeness (QED) is 0.548. The maximum atomic E-state index is 11.2. The summed E-state index contributed by atoms with van der Waals surface area (Å²) in [5, 5.41) is 2.56. The van der Waals surface area contributed by atoms with E-state index in [4.69, 9.17) is 15.9 Å². The van der Waals surface area contributed by atoms with Crippen molar-refractivity contribution in [1.29, 1.82) is 0 Å². The van der Waals surface area contributed by atoms with Crippen LogP contribution in [0.15, 0.2) is 0 Å². The third-order valence-electron chi connectivity index (χ3n) is 1.33. The molecule has 0 saturated heterocycles. The van der Waals surface area contributed by atoms with Gasteiger partial charge in [-0.1, -0.05) is 6.42 Å². The van der Waals surface area contributed by atoms with Gasteiger partial charge < -0.3 is 19.5 Å². The predicted molar refractivity (Wildman–Crippen MR) is 59.8 cm³/mol. The average molecular weight is 229 g/mol. The second-order valence-corrected chi connectivity index (χ2v) is 4.01. The fourth-order valence-electron chi connectivity index (χ4n) is 0.801. The van der Waals surface area contributed by atoms with Gasteiger partial charge in [0.05, 0.1) is 13.2 Å². The molecule has 0 aromatic rings. The van der Waals surface area contributed by atoms with E-state index in [0.717, 1.165) is 0 Å². The number of carbonyl (C=O) groups is 1. The summed E-state index contributed by atoms with van der Waals surface area (Å²) >= 11 is 0. The number of carbonyl (C=O) groups excluding carboxylic acids is 1. The van der Waals surface area contributed by atoms with E-state index < -0.39 is 11.7 Å². The number of hydrogen-bond acceptors (Lipinski definition) is 4. The van der Waals surface area contributed by atoms with Crippen LogP contribution in [0.4, 0.5) is 4.79 Å². The summed E-state index contributed by atoms with van der Waals surface area (Å²) in [6.07, 6.45) is 6.45. The Bertz CT molecular complexity index is 239. The molecule has 0 bridgehead atoms. The Balaban J connectivity index is 3.32. The molecule has 0 aliphatic carbocycles. The summed E-state index contributed by atoms with van der Waals surface area (Å²) in [5.41, 5.74) is -0.481. The van der Waals surface area contributed by atoms with Gasteiger partial charge in [0.15, 0.2) is 0 Å². The zero-order valence-corrected chi connectivity index (χ0v) is 10.0. The van der Waals surface area contributed by atoms with E-state index in [1.165, 1.54) is 0 Å². The van der Waals surface area contributed by atoms with Crippen molar-refractivity contribution in [3.8, 4) is 12.5 Å². The third kappa shape index (κ3) is 10.7. The molecule has 0 heterocycles. The zero-order valence-electron chi connectivity index (χ0n) is 10.0. The smallest absolute Gasteiger partial charge is 0.407 e. The summed E-state index contributed by atoms with van der Waals surface area (Å²) < 4.78 is 14.8. The minimum Gasteiger partial charge on any atom is -0.444 e. The lowest BCUT2D eigenvalue weighted by Gasteiger charge is -2.19. The van der Waals surface area contributed by atoms with E-state index in [9.17, 15) is 4.79 Å². The highest BCUT2D eigenvalue weighted by molar-refractivity contribution is 5.67. The lowest BCUT2D eigenvalue weighted by Crippen LogP contribution is -2.34. The number of hydrogen-bond donors (Lipinski definition) is 1. The summed E-state index contributed by atoms with van der Waals surface area (Å²) in [4.78, 5) is 11.2. The zero-order chi connectivity index (χ0) is 12.4. The molecule has 0 rings (SSSR count). The van der Waals surface area contributed by atoms with Gasteiger partial charge in [0.1, 0.15) is 18.3 Å². The first-order valence-corrected chi connectivity index (χ1v) is 5.07. The van der Waals surface area contributed by atoms with Gasteiger partial charge in [-0.15, -0.1) is 0 Å². The molecule has 5 nitrogen and oxygen atoms in total.